The molecule has 0 fully saturated rings. The lowest BCUT2D eigenvalue weighted by Gasteiger charge is -2.07. The summed E-state index contributed by atoms with van der Waals surface area (Å²) < 4.78 is 0. The molecule has 1 aromatic heterocycles. The number of aromatic hydroxyl groups is 2. The first-order valence-electron chi connectivity index (χ1n) is 5.02. The van der Waals surface area contributed by atoms with E-state index in [-0.39, 0.29) is 16.5 Å². The van der Waals surface area contributed by atoms with Crippen molar-refractivity contribution in [3.05, 3.63) is 47.2 Å². The molecular formula is C12H9ClN2O3. The second kappa shape index (κ2) is 4.93. The number of pyridine rings is 1. The smallest absolute Gasteiger partial charge is 0.259 e. The Morgan fingerprint density at radius 3 is 2.78 bits per heavy atom. The third kappa shape index (κ3) is 2.52. The van der Waals surface area contributed by atoms with Crippen molar-refractivity contribution in [2.75, 3.05) is 5.32 Å². The van der Waals surface area contributed by atoms with Crippen LogP contribution in [0.2, 0.25) is 5.15 Å². The number of carbonyl (C=O) groups is 1. The predicted molar refractivity (Wildman–Crippen MR) is 67.0 cm³/mol. The van der Waals surface area contributed by atoms with Crippen molar-refractivity contribution in [3.63, 3.8) is 0 Å². The normalized spacial score (nSPS) is 10.1. The van der Waals surface area contributed by atoms with Gasteiger partial charge in [-0.1, -0.05) is 17.7 Å². The molecular weight excluding hydrogens is 256 g/mol. The van der Waals surface area contributed by atoms with Crippen LogP contribution in [-0.4, -0.2) is 21.1 Å². The predicted octanol–water partition coefficient (Wildman–Crippen LogP) is 2.40. The molecule has 1 aromatic carbocycles. The molecule has 3 N–H and O–H groups in total. The number of hydrogen-bond acceptors (Lipinski definition) is 4. The highest BCUT2D eigenvalue weighted by Crippen LogP contribution is 2.28. The van der Waals surface area contributed by atoms with E-state index in [1.54, 1.807) is 6.07 Å². The average molecular weight is 265 g/mol. The number of rotatable bonds is 2. The Labute approximate surface area is 108 Å². The van der Waals surface area contributed by atoms with Crippen molar-refractivity contribution in [3.8, 4) is 11.5 Å². The number of phenols is 2. The zero-order chi connectivity index (χ0) is 13.1. The topological polar surface area (TPSA) is 82.5 Å². The monoisotopic (exact) mass is 264 g/mol. The van der Waals surface area contributed by atoms with Crippen LogP contribution in [0.5, 0.6) is 11.5 Å². The highest BCUT2D eigenvalue weighted by Gasteiger charge is 2.14. The van der Waals surface area contributed by atoms with Crippen LogP contribution in [-0.2, 0) is 0 Å². The molecule has 0 bridgehead atoms. The molecule has 0 saturated heterocycles. The van der Waals surface area contributed by atoms with E-state index in [1.807, 2.05) is 0 Å². The molecule has 0 atom stereocenters. The fraction of sp³-hybridized carbons (Fsp3) is 0. The molecule has 92 valence electrons. The van der Waals surface area contributed by atoms with Gasteiger partial charge < -0.3 is 15.5 Å². The van der Waals surface area contributed by atoms with Gasteiger partial charge in [-0.05, 0) is 24.3 Å². The molecule has 0 aliphatic heterocycles. The number of halogens is 1. The summed E-state index contributed by atoms with van der Waals surface area (Å²) in [7, 11) is 0. The highest BCUT2D eigenvalue weighted by atomic mass is 35.5. The van der Waals surface area contributed by atoms with Gasteiger partial charge in [0.25, 0.3) is 5.91 Å². The molecule has 0 radical (unpaired) electrons. The summed E-state index contributed by atoms with van der Waals surface area (Å²) in [6.07, 6.45) is 1.44. The molecule has 0 aliphatic rings. The van der Waals surface area contributed by atoms with Crippen molar-refractivity contribution < 1.29 is 15.0 Å². The van der Waals surface area contributed by atoms with E-state index in [4.69, 9.17) is 11.6 Å². The molecule has 1 amide bonds. The number of para-hydroxylation sites is 1. The van der Waals surface area contributed by atoms with Crippen molar-refractivity contribution in [2.24, 2.45) is 0 Å². The summed E-state index contributed by atoms with van der Waals surface area (Å²) in [6.45, 7) is 0. The molecule has 6 heteroatoms. The van der Waals surface area contributed by atoms with Crippen LogP contribution in [0, 0.1) is 0 Å². The van der Waals surface area contributed by atoms with E-state index < -0.39 is 11.7 Å². The van der Waals surface area contributed by atoms with E-state index in [9.17, 15) is 15.0 Å². The molecule has 2 aromatic rings. The Morgan fingerprint density at radius 2 is 2.06 bits per heavy atom. The number of carbonyl (C=O) groups excluding carboxylic acids is 1. The summed E-state index contributed by atoms with van der Waals surface area (Å²) >= 11 is 5.68. The van der Waals surface area contributed by atoms with Crippen LogP contribution >= 0.6 is 11.6 Å². The van der Waals surface area contributed by atoms with Gasteiger partial charge in [0, 0.05) is 11.9 Å². The number of benzene rings is 1. The highest BCUT2D eigenvalue weighted by molar-refractivity contribution is 6.29. The van der Waals surface area contributed by atoms with E-state index >= 15 is 0 Å². The third-order valence-corrected chi connectivity index (χ3v) is 2.45. The van der Waals surface area contributed by atoms with Crippen molar-refractivity contribution in [1.82, 2.24) is 4.98 Å². The quantitative estimate of drug-likeness (QED) is 0.575. The number of amides is 1. The standard InChI is InChI=1S/C12H9ClN2O3/c13-10-6-7(4-5-14-10)15-12(18)8-2-1-3-9(16)11(8)17/h1-6,16-17H,(H,14,15,18). The zero-order valence-electron chi connectivity index (χ0n) is 9.09. The molecule has 0 unspecified atom stereocenters. The van der Waals surface area contributed by atoms with Crippen molar-refractivity contribution >= 4 is 23.2 Å². The van der Waals surface area contributed by atoms with Gasteiger partial charge in [0.15, 0.2) is 11.5 Å². The van der Waals surface area contributed by atoms with E-state index in [0.29, 0.717) is 5.69 Å². The van der Waals surface area contributed by atoms with E-state index in [0.717, 1.165) is 0 Å². The maximum Gasteiger partial charge on any atom is 0.259 e. The van der Waals surface area contributed by atoms with Crippen molar-refractivity contribution in [2.45, 2.75) is 0 Å². The minimum absolute atomic E-state index is 0.0251. The summed E-state index contributed by atoms with van der Waals surface area (Å²) in [5.41, 5.74) is 0.422. The lowest BCUT2D eigenvalue weighted by atomic mass is 10.1. The molecule has 0 saturated carbocycles. The Kier molecular flexibility index (Phi) is 3.34. The van der Waals surface area contributed by atoms with Crippen LogP contribution < -0.4 is 5.32 Å². The van der Waals surface area contributed by atoms with Gasteiger partial charge in [0.05, 0.1) is 5.56 Å². The van der Waals surface area contributed by atoms with E-state index in [2.05, 4.69) is 10.3 Å². The van der Waals surface area contributed by atoms with Gasteiger partial charge in [-0.2, -0.15) is 0 Å². The van der Waals surface area contributed by atoms with Crippen LogP contribution in [0.3, 0.4) is 0 Å². The first-order valence-corrected chi connectivity index (χ1v) is 5.39. The summed E-state index contributed by atoms with van der Waals surface area (Å²) in [5, 5.41) is 21.6. The molecule has 0 spiro atoms. The number of anilines is 1. The molecule has 18 heavy (non-hydrogen) atoms. The van der Waals surface area contributed by atoms with Gasteiger partial charge in [-0.25, -0.2) is 4.98 Å². The average Bonchev–Trinajstić information content (AvgIpc) is 2.32. The van der Waals surface area contributed by atoms with Gasteiger partial charge >= 0.3 is 0 Å². The van der Waals surface area contributed by atoms with Crippen LogP contribution in [0.25, 0.3) is 0 Å². The lowest BCUT2D eigenvalue weighted by Crippen LogP contribution is -2.12. The number of nitrogens with one attached hydrogen (secondary N) is 1. The Balaban J connectivity index is 2.25. The van der Waals surface area contributed by atoms with Crippen LogP contribution in [0.4, 0.5) is 5.69 Å². The second-order valence-electron chi connectivity index (χ2n) is 3.49. The fourth-order valence-electron chi connectivity index (χ4n) is 1.39. The fourth-order valence-corrected chi connectivity index (χ4v) is 1.57. The zero-order valence-corrected chi connectivity index (χ0v) is 9.85. The second-order valence-corrected chi connectivity index (χ2v) is 3.88. The maximum atomic E-state index is 11.9. The van der Waals surface area contributed by atoms with Crippen LogP contribution in [0.1, 0.15) is 10.4 Å². The number of hydrogen-bond donors (Lipinski definition) is 3. The maximum absolute atomic E-state index is 11.9. The van der Waals surface area contributed by atoms with Gasteiger partial charge in [0.1, 0.15) is 5.15 Å². The largest absolute Gasteiger partial charge is 0.504 e. The Hall–Kier alpha value is -2.27. The number of nitrogens with zero attached hydrogens (tertiary/aromatic N) is 1. The molecule has 0 aliphatic carbocycles. The van der Waals surface area contributed by atoms with E-state index in [1.165, 1.54) is 30.5 Å². The summed E-state index contributed by atoms with van der Waals surface area (Å²) in [4.78, 5) is 15.6. The Bertz CT molecular complexity index is 602. The van der Waals surface area contributed by atoms with Crippen molar-refractivity contribution in [1.29, 1.82) is 0 Å². The van der Waals surface area contributed by atoms with Gasteiger partial charge in [-0.3, -0.25) is 4.79 Å². The number of aromatic nitrogens is 1. The minimum atomic E-state index is -0.550. The first kappa shape index (κ1) is 12.2. The summed E-state index contributed by atoms with van der Waals surface area (Å²) in [6, 6.07) is 7.18. The molecule has 5 nitrogen and oxygen atoms in total. The minimum Gasteiger partial charge on any atom is -0.504 e. The van der Waals surface area contributed by atoms with Crippen LogP contribution in [0.15, 0.2) is 36.5 Å². The summed E-state index contributed by atoms with van der Waals surface area (Å²) in [5.74, 6) is -1.36. The lowest BCUT2D eigenvalue weighted by molar-refractivity contribution is 0.102. The first-order chi connectivity index (χ1) is 8.58. The molecule has 2 rings (SSSR count). The van der Waals surface area contributed by atoms with Gasteiger partial charge in [0.2, 0.25) is 0 Å². The van der Waals surface area contributed by atoms with Gasteiger partial charge in [-0.15, -0.1) is 0 Å². The number of phenolic OH excluding ortho intramolecular Hbond substituents is 2. The third-order valence-electron chi connectivity index (χ3n) is 2.24. The SMILES string of the molecule is O=C(Nc1ccnc(Cl)c1)c1cccc(O)c1O. The molecule has 1 heterocycles. The Morgan fingerprint density at radius 1 is 1.28 bits per heavy atom.